The fourth-order valence-corrected chi connectivity index (χ4v) is 6.80. The van der Waals surface area contributed by atoms with Crippen molar-refractivity contribution in [3.05, 3.63) is 168 Å². The first-order valence-electron chi connectivity index (χ1n) is 16.5. The molecule has 6 heteroatoms. The Hall–Kier alpha value is -6.34. The van der Waals surface area contributed by atoms with Gasteiger partial charge in [0.2, 0.25) is 0 Å². The SMILES string of the molecule is N#Cc1ccc(-c2c3nc(c(-c4ccccc4)c4ccc([n-]4)c(-c4ccccc4)c4nc(c(-c5ccccc5)c5ccc2[n-]5)C=C4)C=C3)cc1.[Pt+2]. The molecule has 0 saturated carbocycles. The Morgan fingerprint density at radius 1 is 0.373 bits per heavy atom. The van der Waals surface area contributed by atoms with E-state index in [1.54, 1.807) is 0 Å². The zero-order chi connectivity index (χ0) is 33.4. The first-order chi connectivity index (χ1) is 24.7. The maximum Gasteiger partial charge on any atom is 2.00 e. The minimum Gasteiger partial charge on any atom is -0.657 e. The van der Waals surface area contributed by atoms with Crippen LogP contribution in [0.3, 0.4) is 0 Å². The van der Waals surface area contributed by atoms with Crippen LogP contribution in [0.4, 0.5) is 0 Å². The van der Waals surface area contributed by atoms with E-state index in [0.717, 1.165) is 89.4 Å². The molecule has 2 aliphatic rings. The number of nitrogens with zero attached hydrogens (tertiary/aromatic N) is 5. The molecule has 0 unspecified atom stereocenters. The third-order valence-electron chi connectivity index (χ3n) is 9.10. The van der Waals surface area contributed by atoms with Crippen LogP contribution >= 0.6 is 0 Å². The van der Waals surface area contributed by atoms with Gasteiger partial charge in [0.1, 0.15) is 0 Å². The molecule has 0 N–H and O–H groups in total. The normalized spacial score (nSPS) is 11.6. The van der Waals surface area contributed by atoms with E-state index < -0.39 is 0 Å². The van der Waals surface area contributed by atoms with Crippen molar-refractivity contribution in [1.82, 2.24) is 19.9 Å². The molecule has 0 aliphatic carbocycles. The molecule has 4 aromatic carbocycles. The number of hydrogen-bond donors (Lipinski definition) is 0. The summed E-state index contributed by atoms with van der Waals surface area (Å²) in [4.78, 5) is 21.2. The molecule has 5 nitrogen and oxygen atoms in total. The Kier molecular flexibility index (Phi) is 8.46. The Morgan fingerprint density at radius 3 is 0.961 bits per heavy atom. The number of rotatable bonds is 4. The summed E-state index contributed by atoms with van der Waals surface area (Å²) in [6.45, 7) is 0. The Bertz CT molecular complexity index is 2640. The van der Waals surface area contributed by atoms with E-state index in [2.05, 4.69) is 91.0 Å². The Morgan fingerprint density at radius 2 is 0.667 bits per heavy atom. The molecule has 0 atom stereocenters. The molecule has 2 aliphatic heterocycles. The third-order valence-corrected chi connectivity index (χ3v) is 9.10. The van der Waals surface area contributed by atoms with Crippen molar-refractivity contribution in [2.24, 2.45) is 0 Å². The average molecular weight is 833 g/mol. The van der Waals surface area contributed by atoms with Gasteiger partial charge in [0, 0.05) is 0 Å². The van der Waals surface area contributed by atoms with Crippen LogP contribution in [0.1, 0.15) is 28.3 Å². The summed E-state index contributed by atoms with van der Waals surface area (Å²) in [5.74, 6) is 0. The van der Waals surface area contributed by atoms with Gasteiger partial charge < -0.3 is 9.97 Å². The Balaban J connectivity index is 0.00000374. The van der Waals surface area contributed by atoms with Crippen LogP contribution in [0.2, 0.25) is 0 Å². The van der Waals surface area contributed by atoms with E-state index in [1.165, 1.54) is 0 Å². The molecule has 0 fully saturated rings. The predicted octanol–water partition coefficient (Wildman–Crippen LogP) is 10.5. The molecular weight excluding hydrogens is 806 g/mol. The van der Waals surface area contributed by atoms with Crippen molar-refractivity contribution in [3.63, 3.8) is 0 Å². The topological polar surface area (TPSA) is 77.8 Å². The number of nitriles is 1. The van der Waals surface area contributed by atoms with Gasteiger partial charge in [0.05, 0.1) is 34.4 Å². The summed E-state index contributed by atoms with van der Waals surface area (Å²) in [6.07, 6.45) is 8.27. The number of aromatic nitrogens is 4. The second kappa shape index (κ2) is 13.5. The summed E-state index contributed by atoms with van der Waals surface area (Å²) < 4.78 is 0. The largest absolute Gasteiger partial charge is 2.00 e. The zero-order valence-corrected chi connectivity index (χ0v) is 29.4. The Labute approximate surface area is 309 Å². The van der Waals surface area contributed by atoms with Crippen molar-refractivity contribution in [1.29, 1.82) is 5.26 Å². The summed E-state index contributed by atoms with van der Waals surface area (Å²) in [5.41, 5.74) is 14.8. The van der Waals surface area contributed by atoms with Crippen molar-refractivity contribution in [2.45, 2.75) is 0 Å². The van der Waals surface area contributed by atoms with Gasteiger partial charge >= 0.3 is 21.1 Å². The molecule has 5 heterocycles. The summed E-state index contributed by atoms with van der Waals surface area (Å²) in [6, 6.07) is 49.0. The van der Waals surface area contributed by atoms with Crippen molar-refractivity contribution in [3.8, 4) is 50.6 Å². The summed E-state index contributed by atoms with van der Waals surface area (Å²) in [7, 11) is 0. The van der Waals surface area contributed by atoms with E-state index in [4.69, 9.17) is 19.9 Å². The number of fused-ring (bicyclic) bond motifs is 8. The maximum atomic E-state index is 9.53. The minimum atomic E-state index is 0. The van der Waals surface area contributed by atoms with Gasteiger partial charge in [-0.15, -0.1) is 22.1 Å². The summed E-state index contributed by atoms with van der Waals surface area (Å²) >= 11 is 0. The van der Waals surface area contributed by atoms with Gasteiger partial charge in [-0.05, 0) is 80.9 Å². The molecular formula is C45H27N5Pt. The van der Waals surface area contributed by atoms with Crippen LogP contribution in [0.5, 0.6) is 0 Å². The molecule has 9 rings (SSSR count). The van der Waals surface area contributed by atoms with Crippen LogP contribution in [-0.4, -0.2) is 9.97 Å². The zero-order valence-electron chi connectivity index (χ0n) is 27.1. The second-order valence-corrected chi connectivity index (χ2v) is 12.1. The molecule has 242 valence electrons. The molecule has 51 heavy (non-hydrogen) atoms. The summed E-state index contributed by atoms with van der Waals surface area (Å²) in [5, 5.41) is 9.53. The minimum absolute atomic E-state index is 0. The maximum absolute atomic E-state index is 9.53. The quantitative estimate of drug-likeness (QED) is 0.177. The molecule has 0 saturated heterocycles. The molecule has 3 aromatic heterocycles. The van der Waals surface area contributed by atoms with Gasteiger partial charge in [0.15, 0.2) is 0 Å². The third kappa shape index (κ3) is 5.86. The van der Waals surface area contributed by atoms with E-state index in [9.17, 15) is 5.26 Å². The fourth-order valence-electron chi connectivity index (χ4n) is 6.80. The smallest absolute Gasteiger partial charge is 0.657 e. The molecule has 7 aromatic rings. The van der Waals surface area contributed by atoms with Crippen molar-refractivity contribution >= 4 is 46.4 Å². The van der Waals surface area contributed by atoms with Crippen LogP contribution in [0, 0.1) is 11.3 Å². The van der Waals surface area contributed by atoms with Gasteiger partial charge in [-0.2, -0.15) is 5.26 Å². The average Bonchev–Trinajstić information content (AvgIpc) is 4.01. The molecule has 0 amide bonds. The first-order valence-corrected chi connectivity index (χ1v) is 16.5. The van der Waals surface area contributed by atoms with E-state index in [1.807, 2.05) is 78.9 Å². The van der Waals surface area contributed by atoms with E-state index in [-0.39, 0.29) is 21.1 Å². The van der Waals surface area contributed by atoms with Gasteiger partial charge in [-0.25, -0.2) is 9.97 Å². The standard InChI is InChI=1S/C45H27N5.Pt/c46-28-29-16-18-33(19-17-29)45-40-26-24-38(49-40)43(31-12-6-2-7-13-31)36-22-20-34(47-36)42(30-10-4-1-5-11-30)35-21-23-37(48-35)44(32-14-8-3-9-15-32)39-25-27-41(45)50-39;/h1-27H;/q-2;+2. The molecule has 0 spiro atoms. The van der Waals surface area contributed by atoms with Crippen LogP contribution in [0.25, 0.3) is 90.9 Å². The van der Waals surface area contributed by atoms with Gasteiger partial charge in [0.25, 0.3) is 0 Å². The van der Waals surface area contributed by atoms with E-state index >= 15 is 0 Å². The van der Waals surface area contributed by atoms with Crippen LogP contribution < -0.4 is 9.97 Å². The number of hydrogen-bond acceptors (Lipinski definition) is 3. The van der Waals surface area contributed by atoms with Crippen LogP contribution in [0.15, 0.2) is 140 Å². The second-order valence-electron chi connectivity index (χ2n) is 12.1. The molecule has 8 bridgehead atoms. The van der Waals surface area contributed by atoms with Gasteiger partial charge in [-0.3, -0.25) is 0 Å². The monoisotopic (exact) mass is 832 g/mol. The van der Waals surface area contributed by atoms with Crippen molar-refractivity contribution < 1.29 is 21.1 Å². The molecule has 0 radical (unpaired) electrons. The van der Waals surface area contributed by atoms with E-state index in [0.29, 0.717) is 5.56 Å². The van der Waals surface area contributed by atoms with Gasteiger partial charge in [-0.1, -0.05) is 127 Å². The van der Waals surface area contributed by atoms with Crippen molar-refractivity contribution in [2.75, 3.05) is 0 Å². The first kappa shape index (κ1) is 31.9. The predicted molar refractivity (Wildman–Crippen MR) is 203 cm³/mol. The van der Waals surface area contributed by atoms with Crippen LogP contribution in [-0.2, 0) is 21.1 Å². The fraction of sp³-hybridized carbons (Fsp3) is 0. The number of benzene rings is 4.